The van der Waals surface area contributed by atoms with Crippen LogP contribution in [0.4, 0.5) is 4.79 Å². The van der Waals surface area contributed by atoms with Crippen LogP contribution in [-0.4, -0.2) is 34.0 Å². The molecule has 1 N–H and O–H groups in total. The predicted molar refractivity (Wildman–Crippen MR) is 102 cm³/mol. The molecule has 0 bridgehead atoms. The van der Waals surface area contributed by atoms with Crippen LogP contribution in [0.25, 0.3) is 0 Å². The van der Waals surface area contributed by atoms with Crippen LogP contribution >= 0.6 is 11.8 Å². The first-order valence-electron chi connectivity index (χ1n) is 9.12. The van der Waals surface area contributed by atoms with E-state index < -0.39 is 6.16 Å². The van der Waals surface area contributed by atoms with Crippen molar-refractivity contribution in [2.24, 2.45) is 10.2 Å². The van der Waals surface area contributed by atoms with Gasteiger partial charge in [-0.3, -0.25) is 0 Å². The normalized spacial score (nSPS) is 14.7. The van der Waals surface area contributed by atoms with E-state index in [1.807, 2.05) is 32.5 Å². The van der Waals surface area contributed by atoms with Crippen LogP contribution in [0.5, 0.6) is 0 Å². The van der Waals surface area contributed by atoms with Crippen LogP contribution in [0, 0.1) is 0 Å². The zero-order valence-electron chi connectivity index (χ0n) is 16.1. The van der Waals surface area contributed by atoms with Gasteiger partial charge >= 0.3 is 6.16 Å². The van der Waals surface area contributed by atoms with Crippen LogP contribution < -0.4 is 0 Å². The van der Waals surface area contributed by atoms with Crippen molar-refractivity contribution in [3.8, 4) is 0 Å². The van der Waals surface area contributed by atoms with E-state index in [2.05, 4.69) is 28.8 Å². The lowest BCUT2D eigenvalue weighted by Gasteiger charge is -2.25. The number of rotatable bonds is 13. The van der Waals surface area contributed by atoms with Gasteiger partial charge in [0.25, 0.3) is 0 Å². The number of azo groups is 1. The Morgan fingerprint density at radius 3 is 2.21 bits per heavy atom. The Bertz CT molecular complexity index is 370. The third-order valence-electron chi connectivity index (χ3n) is 3.48. The van der Waals surface area contributed by atoms with Crippen molar-refractivity contribution in [3.63, 3.8) is 0 Å². The fourth-order valence-corrected chi connectivity index (χ4v) is 3.32. The van der Waals surface area contributed by atoms with Gasteiger partial charge in [-0.15, -0.1) is 11.8 Å². The standard InChI is InChI=1S/C18H36N2O3S/c1-6-7-8-9-10-11-15-24-18(5,20-19-17(2,3)4)13-12-14-23-16(21)22/h6-15H2,1-5H3,(H,21,22). The fourth-order valence-electron chi connectivity index (χ4n) is 2.14. The van der Waals surface area contributed by atoms with Gasteiger partial charge in [0.15, 0.2) is 0 Å². The number of carboxylic acid groups (broad SMARTS) is 1. The van der Waals surface area contributed by atoms with Crippen molar-refractivity contribution in [1.29, 1.82) is 0 Å². The molecule has 6 heteroatoms. The quantitative estimate of drug-likeness (QED) is 0.230. The Balaban J connectivity index is 4.30. The van der Waals surface area contributed by atoms with Gasteiger partial charge in [0.1, 0.15) is 4.87 Å². The summed E-state index contributed by atoms with van der Waals surface area (Å²) in [5, 5.41) is 17.6. The highest BCUT2D eigenvalue weighted by Crippen LogP contribution is 2.34. The number of hydrogen-bond donors (Lipinski definition) is 1. The van der Waals surface area contributed by atoms with E-state index in [1.54, 1.807) is 0 Å². The second-order valence-electron chi connectivity index (χ2n) is 7.38. The first-order valence-corrected chi connectivity index (χ1v) is 10.1. The van der Waals surface area contributed by atoms with Crippen molar-refractivity contribution < 1.29 is 14.6 Å². The molecule has 142 valence electrons. The summed E-state index contributed by atoms with van der Waals surface area (Å²) >= 11 is 1.82. The Kier molecular flexibility index (Phi) is 12.2. The summed E-state index contributed by atoms with van der Waals surface area (Å²) in [6, 6.07) is 0. The summed E-state index contributed by atoms with van der Waals surface area (Å²) < 4.78 is 4.60. The number of thioether (sulfide) groups is 1. The van der Waals surface area contributed by atoms with E-state index in [9.17, 15) is 4.79 Å². The Hall–Kier alpha value is -0.780. The average molecular weight is 361 g/mol. The molecular formula is C18H36N2O3S. The highest BCUT2D eigenvalue weighted by Gasteiger charge is 2.25. The summed E-state index contributed by atoms with van der Waals surface area (Å²) in [6.07, 6.45) is 7.91. The maximum Gasteiger partial charge on any atom is 0.505 e. The largest absolute Gasteiger partial charge is 0.505 e. The zero-order chi connectivity index (χ0) is 18.5. The van der Waals surface area contributed by atoms with Crippen LogP contribution in [0.3, 0.4) is 0 Å². The minimum atomic E-state index is -1.22. The summed E-state index contributed by atoms with van der Waals surface area (Å²) in [5.74, 6) is 1.06. The minimum Gasteiger partial charge on any atom is -0.450 e. The lowest BCUT2D eigenvalue weighted by Crippen LogP contribution is -2.21. The molecule has 0 aliphatic heterocycles. The van der Waals surface area contributed by atoms with E-state index in [0.29, 0.717) is 6.42 Å². The van der Waals surface area contributed by atoms with Gasteiger partial charge in [0, 0.05) is 0 Å². The SMILES string of the molecule is CCCCCCCCSC(C)(CCCOC(=O)O)N=NC(C)(C)C. The van der Waals surface area contributed by atoms with Crippen molar-refractivity contribution in [1.82, 2.24) is 0 Å². The molecule has 0 aromatic rings. The zero-order valence-corrected chi connectivity index (χ0v) is 17.0. The lowest BCUT2D eigenvalue weighted by atomic mass is 10.1. The van der Waals surface area contributed by atoms with E-state index in [1.165, 1.54) is 38.5 Å². The number of nitrogens with zero attached hydrogens (tertiary/aromatic N) is 2. The monoisotopic (exact) mass is 360 g/mol. The maximum atomic E-state index is 10.4. The van der Waals surface area contributed by atoms with E-state index in [-0.39, 0.29) is 17.0 Å². The summed E-state index contributed by atoms with van der Waals surface area (Å²) in [5.41, 5.74) is -0.195. The predicted octanol–water partition coefficient (Wildman–Crippen LogP) is 6.52. The minimum absolute atomic E-state index is 0.195. The van der Waals surface area contributed by atoms with Gasteiger partial charge < -0.3 is 9.84 Å². The fraction of sp³-hybridized carbons (Fsp3) is 0.944. The molecule has 0 aromatic carbocycles. The first kappa shape index (κ1) is 23.2. The van der Waals surface area contributed by atoms with Crippen LogP contribution in [0.15, 0.2) is 10.2 Å². The Morgan fingerprint density at radius 2 is 1.62 bits per heavy atom. The Morgan fingerprint density at radius 1 is 1.00 bits per heavy atom. The van der Waals surface area contributed by atoms with Gasteiger partial charge in [0.05, 0.1) is 12.1 Å². The molecule has 0 amide bonds. The highest BCUT2D eigenvalue weighted by atomic mass is 32.2. The molecule has 0 heterocycles. The molecule has 1 unspecified atom stereocenters. The summed E-state index contributed by atoms with van der Waals surface area (Å²) in [7, 11) is 0. The van der Waals surface area contributed by atoms with Crippen molar-refractivity contribution in [2.45, 2.75) is 96.4 Å². The second kappa shape index (κ2) is 12.6. The maximum absolute atomic E-state index is 10.4. The molecule has 0 saturated heterocycles. The number of unbranched alkanes of at least 4 members (excludes halogenated alkanes) is 5. The van der Waals surface area contributed by atoms with Crippen LogP contribution in [0.2, 0.25) is 0 Å². The van der Waals surface area contributed by atoms with Crippen molar-refractivity contribution >= 4 is 17.9 Å². The highest BCUT2D eigenvalue weighted by molar-refractivity contribution is 8.00. The van der Waals surface area contributed by atoms with Gasteiger partial charge in [-0.1, -0.05) is 39.0 Å². The molecule has 0 radical (unpaired) electrons. The molecule has 0 fully saturated rings. The lowest BCUT2D eigenvalue weighted by molar-refractivity contribution is 0.0894. The van der Waals surface area contributed by atoms with Gasteiger partial charge in [0.2, 0.25) is 0 Å². The third-order valence-corrected chi connectivity index (χ3v) is 4.88. The first-order chi connectivity index (χ1) is 11.2. The van der Waals surface area contributed by atoms with E-state index in [0.717, 1.165) is 12.2 Å². The van der Waals surface area contributed by atoms with Gasteiger partial charge in [-0.2, -0.15) is 10.2 Å². The van der Waals surface area contributed by atoms with Crippen LogP contribution in [-0.2, 0) is 4.74 Å². The molecule has 24 heavy (non-hydrogen) atoms. The number of carbonyl (C=O) groups is 1. The van der Waals surface area contributed by atoms with Crippen molar-refractivity contribution in [2.75, 3.05) is 12.4 Å². The molecule has 0 aliphatic carbocycles. The smallest absolute Gasteiger partial charge is 0.450 e. The van der Waals surface area contributed by atoms with E-state index >= 15 is 0 Å². The molecule has 5 nitrogen and oxygen atoms in total. The van der Waals surface area contributed by atoms with Gasteiger partial charge in [-0.25, -0.2) is 4.79 Å². The Labute approximate surface area is 152 Å². The molecule has 0 aliphatic rings. The second-order valence-corrected chi connectivity index (χ2v) is 8.96. The molecule has 0 rings (SSSR count). The number of ether oxygens (including phenoxy) is 1. The third kappa shape index (κ3) is 14.8. The summed E-state index contributed by atoms with van der Waals surface area (Å²) in [4.78, 5) is 10.1. The average Bonchev–Trinajstić information content (AvgIpc) is 2.48. The van der Waals surface area contributed by atoms with Crippen molar-refractivity contribution in [3.05, 3.63) is 0 Å². The molecular weight excluding hydrogens is 324 g/mol. The summed E-state index contributed by atoms with van der Waals surface area (Å²) in [6.45, 7) is 10.6. The molecule has 1 atom stereocenters. The van der Waals surface area contributed by atoms with E-state index in [4.69, 9.17) is 5.11 Å². The number of hydrogen-bond acceptors (Lipinski definition) is 5. The molecule has 0 spiro atoms. The topological polar surface area (TPSA) is 71.2 Å². The van der Waals surface area contributed by atoms with Gasteiger partial charge in [-0.05, 0) is 52.7 Å². The van der Waals surface area contributed by atoms with Crippen LogP contribution in [0.1, 0.15) is 86.0 Å². The molecule has 0 aromatic heterocycles. The molecule has 0 saturated carbocycles.